The van der Waals surface area contributed by atoms with Crippen molar-refractivity contribution >= 4 is 15.5 Å². The number of sulfone groups is 1. The van der Waals surface area contributed by atoms with E-state index in [0.717, 1.165) is 11.4 Å². The Balaban J connectivity index is 1.99. The number of nitrogens with one attached hydrogen (secondary N) is 1. The van der Waals surface area contributed by atoms with Gasteiger partial charge < -0.3 is 10.1 Å². The van der Waals surface area contributed by atoms with Gasteiger partial charge in [0, 0.05) is 11.7 Å². The summed E-state index contributed by atoms with van der Waals surface area (Å²) in [4.78, 5) is 0. The molecule has 88 valence electrons. The van der Waals surface area contributed by atoms with Crippen molar-refractivity contribution in [1.82, 2.24) is 0 Å². The van der Waals surface area contributed by atoms with E-state index in [1.165, 1.54) is 0 Å². The third-order valence-corrected chi connectivity index (χ3v) is 4.46. The number of benzene rings is 1. The van der Waals surface area contributed by atoms with E-state index < -0.39 is 9.84 Å². The highest BCUT2D eigenvalue weighted by Crippen LogP contribution is 2.19. The number of hydrogen-bond donors (Lipinski definition) is 1. The molecule has 5 heteroatoms. The fourth-order valence-corrected chi connectivity index (χ4v) is 3.51. The van der Waals surface area contributed by atoms with Gasteiger partial charge in [-0.3, -0.25) is 0 Å². The minimum atomic E-state index is -2.82. The molecule has 0 spiro atoms. The Kier molecular flexibility index (Phi) is 3.05. The molecule has 2 rings (SSSR count). The van der Waals surface area contributed by atoms with Gasteiger partial charge in [0.25, 0.3) is 0 Å². The maximum Gasteiger partial charge on any atom is 0.152 e. The van der Waals surface area contributed by atoms with Crippen molar-refractivity contribution in [3.05, 3.63) is 24.3 Å². The summed E-state index contributed by atoms with van der Waals surface area (Å²) >= 11 is 0. The highest BCUT2D eigenvalue weighted by molar-refractivity contribution is 7.91. The second kappa shape index (κ2) is 4.33. The standard InChI is InChI=1S/C11H15NO3S/c1-15-11-4-2-9(3-5-11)12-10-6-7-16(13,14)8-10/h2-5,10,12H,6-8H2,1H3. The van der Waals surface area contributed by atoms with Crippen molar-refractivity contribution in [2.24, 2.45) is 0 Å². The minimum Gasteiger partial charge on any atom is -0.497 e. The maximum absolute atomic E-state index is 11.3. The van der Waals surface area contributed by atoms with E-state index >= 15 is 0 Å². The van der Waals surface area contributed by atoms with E-state index in [0.29, 0.717) is 12.2 Å². The molecule has 0 radical (unpaired) electrons. The first-order valence-electron chi connectivity index (χ1n) is 5.20. The first-order valence-corrected chi connectivity index (χ1v) is 7.02. The molecule has 0 aliphatic carbocycles. The molecule has 1 aromatic rings. The molecule has 1 N–H and O–H groups in total. The van der Waals surface area contributed by atoms with Crippen LogP contribution >= 0.6 is 0 Å². The van der Waals surface area contributed by atoms with E-state index in [-0.39, 0.29) is 11.8 Å². The molecule has 0 aromatic heterocycles. The van der Waals surface area contributed by atoms with Gasteiger partial charge in [0.2, 0.25) is 0 Å². The van der Waals surface area contributed by atoms with Crippen LogP contribution in [0.4, 0.5) is 5.69 Å². The lowest BCUT2D eigenvalue weighted by Gasteiger charge is -2.12. The van der Waals surface area contributed by atoms with Gasteiger partial charge in [-0.2, -0.15) is 0 Å². The van der Waals surface area contributed by atoms with Crippen LogP contribution in [0.3, 0.4) is 0 Å². The van der Waals surface area contributed by atoms with E-state index in [4.69, 9.17) is 4.74 Å². The zero-order valence-electron chi connectivity index (χ0n) is 9.14. The van der Waals surface area contributed by atoms with Crippen LogP contribution in [0.1, 0.15) is 6.42 Å². The number of rotatable bonds is 3. The Morgan fingerprint density at radius 3 is 2.50 bits per heavy atom. The van der Waals surface area contributed by atoms with Crippen LogP contribution < -0.4 is 10.1 Å². The smallest absolute Gasteiger partial charge is 0.152 e. The first kappa shape index (κ1) is 11.3. The van der Waals surface area contributed by atoms with Gasteiger partial charge in [0.1, 0.15) is 5.75 Å². The van der Waals surface area contributed by atoms with E-state index in [9.17, 15) is 8.42 Å². The molecule has 1 atom stereocenters. The summed E-state index contributed by atoms with van der Waals surface area (Å²) in [5.41, 5.74) is 0.933. The Morgan fingerprint density at radius 2 is 2.00 bits per heavy atom. The molecule has 4 nitrogen and oxygen atoms in total. The van der Waals surface area contributed by atoms with Crippen molar-refractivity contribution in [2.45, 2.75) is 12.5 Å². The molecular weight excluding hydrogens is 226 g/mol. The average molecular weight is 241 g/mol. The Bertz CT molecular complexity index is 453. The molecule has 1 fully saturated rings. The van der Waals surface area contributed by atoms with E-state index in [1.807, 2.05) is 24.3 Å². The van der Waals surface area contributed by atoms with Crippen molar-refractivity contribution in [1.29, 1.82) is 0 Å². The normalized spacial score (nSPS) is 22.9. The monoisotopic (exact) mass is 241 g/mol. The van der Waals surface area contributed by atoms with Crippen molar-refractivity contribution in [2.75, 3.05) is 23.9 Å². The summed E-state index contributed by atoms with van der Waals surface area (Å²) in [6.45, 7) is 0. The lowest BCUT2D eigenvalue weighted by molar-refractivity contribution is 0.415. The molecule has 1 heterocycles. The molecule has 1 aromatic carbocycles. The van der Waals surface area contributed by atoms with E-state index in [1.54, 1.807) is 7.11 Å². The Labute approximate surface area is 95.5 Å². The lowest BCUT2D eigenvalue weighted by Crippen LogP contribution is -2.20. The quantitative estimate of drug-likeness (QED) is 0.866. The van der Waals surface area contributed by atoms with Crippen LogP contribution in [0.2, 0.25) is 0 Å². The molecule has 0 bridgehead atoms. The summed E-state index contributed by atoms with van der Waals surface area (Å²) in [7, 11) is -1.20. The third-order valence-electron chi connectivity index (χ3n) is 2.69. The third kappa shape index (κ3) is 2.66. The predicted molar refractivity (Wildman–Crippen MR) is 63.7 cm³/mol. The van der Waals surface area contributed by atoms with Gasteiger partial charge in [-0.15, -0.1) is 0 Å². The number of ether oxygens (including phenoxy) is 1. The Hall–Kier alpha value is -1.23. The molecule has 0 amide bonds. The zero-order chi connectivity index (χ0) is 11.6. The van der Waals surface area contributed by atoms with Gasteiger partial charge in [-0.1, -0.05) is 0 Å². The van der Waals surface area contributed by atoms with Gasteiger partial charge >= 0.3 is 0 Å². The first-order chi connectivity index (χ1) is 7.59. The molecular formula is C11H15NO3S. The number of methoxy groups -OCH3 is 1. The van der Waals surface area contributed by atoms with Crippen LogP contribution in [0.5, 0.6) is 5.75 Å². The van der Waals surface area contributed by atoms with Gasteiger partial charge in [0.15, 0.2) is 9.84 Å². The van der Waals surface area contributed by atoms with Gasteiger partial charge in [-0.25, -0.2) is 8.42 Å². The molecule has 1 saturated heterocycles. The van der Waals surface area contributed by atoms with Crippen LogP contribution in [-0.4, -0.2) is 33.1 Å². The summed E-state index contributed by atoms with van der Waals surface area (Å²) in [6.07, 6.45) is 0.689. The zero-order valence-corrected chi connectivity index (χ0v) is 9.96. The van der Waals surface area contributed by atoms with E-state index in [2.05, 4.69) is 5.32 Å². The number of hydrogen-bond acceptors (Lipinski definition) is 4. The van der Waals surface area contributed by atoms with Crippen LogP contribution in [0.15, 0.2) is 24.3 Å². The summed E-state index contributed by atoms with van der Waals surface area (Å²) in [5.74, 6) is 1.32. The number of anilines is 1. The van der Waals surface area contributed by atoms with Gasteiger partial charge in [0.05, 0.1) is 18.6 Å². The van der Waals surface area contributed by atoms with Crippen LogP contribution in [0, 0.1) is 0 Å². The summed E-state index contributed by atoms with van der Waals surface area (Å²) < 4.78 is 27.6. The largest absolute Gasteiger partial charge is 0.497 e. The maximum atomic E-state index is 11.3. The highest BCUT2D eigenvalue weighted by atomic mass is 32.2. The Morgan fingerprint density at radius 1 is 1.31 bits per heavy atom. The topological polar surface area (TPSA) is 55.4 Å². The summed E-state index contributed by atoms with van der Waals surface area (Å²) in [5, 5.41) is 3.21. The second-order valence-electron chi connectivity index (χ2n) is 3.97. The van der Waals surface area contributed by atoms with Crippen molar-refractivity contribution < 1.29 is 13.2 Å². The minimum absolute atomic E-state index is 0.0402. The lowest BCUT2D eigenvalue weighted by atomic mass is 10.2. The second-order valence-corrected chi connectivity index (χ2v) is 6.20. The van der Waals surface area contributed by atoms with Crippen LogP contribution in [0.25, 0.3) is 0 Å². The average Bonchev–Trinajstić information content (AvgIpc) is 2.59. The summed E-state index contributed by atoms with van der Waals surface area (Å²) in [6, 6.07) is 7.53. The fraction of sp³-hybridized carbons (Fsp3) is 0.455. The molecule has 1 unspecified atom stereocenters. The van der Waals surface area contributed by atoms with Crippen molar-refractivity contribution in [3.63, 3.8) is 0 Å². The van der Waals surface area contributed by atoms with Crippen molar-refractivity contribution in [3.8, 4) is 5.75 Å². The molecule has 1 aliphatic rings. The van der Waals surface area contributed by atoms with Crippen LogP contribution in [-0.2, 0) is 9.84 Å². The van der Waals surface area contributed by atoms with Gasteiger partial charge in [-0.05, 0) is 30.7 Å². The predicted octanol–water partition coefficient (Wildman–Crippen LogP) is 1.29. The fourth-order valence-electron chi connectivity index (χ4n) is 1.83. The molecule has 1 aliphatic heterocycles. The SMILES string of the molecule is COc1ccc(NC2CCS(=O)(=O)C2)cc1. The molecule has 16 heavy (non-hydrogen) atoms. The highest BCUT2D eigenvalue weighted by Gasteiger charge is 2.27. The molecule has 0 saturated carbocycles.